The van der Waals surface area contributed by atoms with Gasteiger partial charge in [0.25, 0.3) is 0 Å². The van der Waals surface area contributed by atoms with Gasteiger partial charge in [-0.15, -0.1) is 0 Å². The molecule has 25 heavy (non-hydrogen) atoms. The fourth-order valence-electron chi connectivity index (χ4n) is 3.35. The van der Waals surface area contributed by atoms with Crippen molar-refractivity contribution in [2.45, 2.75) is 12.5 Å². The molecule has 2 heteroatoms. The first-order valence-corrected chi connectivity index (χ1v) is 8.89. The maximum absolute atomic E-state index is 6.18. The van der Waals surface area contributed by atoms with Crippen LogP contribution in [0.5, 0.6) is 5.75 Å². The van der Waals surface area contributed by atoms with Crippen LogP contribution in [0.25, 0.3) is 10.8 Å². The summed E-state index contributed by atoms with van der Waals surface area (Å²) in [5.74, 6) is 0.963. The summed E-state index contributed by atoms with van der Waals surface area (Å²) >= 11 is 0. The highest BCUT2D eigenvalue weighted by atomic mass is 16.5. The zero-order valence-electron chi connectivity index (χ0n) is 15.2. The van der Waals surface area contributed by atoms with Crippen molar-refractivity contribution < 1.29 is 9.22 Å². The lowest BCUT2D eigenvalue weighted by Gasteiger charge is -2.37. The Balaban J connectivity index is 1.75. The van der Waals surface area contributed by atoms with Crippen LogP contribution in [-0.2, 0) is 0 Å². The highest BCUT2D eigenvalue weighted by Crippen LogP contribution is 2.30. The Hall–Kier alpha value is -2.32. The minimum absolute atomic E-state index is 0.369. The van der Waals surface area contributed by atoms with Crippen LogP contribution in [0, 0.1) is 6.92 Å². The number of rotatable bonds is 7. The molecule has 1 radical (unpaired) electrons. The predicted octanol–water partition coefficient (Wildman–Crippen LogP) is 5.26. The van der Waals surface area contributed by atoms with E-state index in [0.717, 1.165) is 23.2 Å². The first-order valence-electron chi connectivity index (χ1n) is 8.89. The van der Waals surface area contributed by atoms with Gasteiger partial charge in [-0.05, 0) is 11.5 Å². The molecule has 0 saturated carbocycles. The summed E-state index contributed by atoms with van der Waals surface area (Å²) in [5, 5.41) is 2.39. The SMILES string of the molecule is [CH2]C[N+](C)(C)[C@@H](CCOc1cccc2ccccc12)c1ccccc1. The summed E-state index contributed by atoms with van der Waals surface area (Å²) < 4.78 is 7.03. The summed E-state index contributed by atoms with van der Waals surface area (Å²) in [6.07, 6.45) is 0.954. The van der Waals surface area contributed by atoms with Gasteiger partial charge in [-0.1, -0.05) is 66.7 Å². The Labute approximate surface area is 151 Å². The number of benzene rings is 3. The van der Waals surface area contributed by atoms with Crippen molar-refractivity contribution in [3.63, 3.8) is 0 Å². The van der Waals surface area contributed by atoms with E-state index < -0.39 is 0 Å². The number of nitrogens with zero attached hydrogens (tertiary/aromatic N) is 1. The molecule has 1 atom stereocenters. The van der Waals surface area contributed by atoms with E-state index in [0.29, 0.717) is 12.6 Å². The van der Waals surface area contributed by atoms with Crippen molar-refractivity contribution in [1.82, 2.24) is 0 Å². The third-order valence-electron chi connectivity index (χ3n) is 5.00. The molecule has 0 aliphatic rings. The monoisotopic (exact) mass is 333 g/mol. The molecule has 3 aromatic rings. The Bertz CT molecular complexity index is 805. The molecule has 0 aliphatic carbocycles. The third-order valence-corrected chi connectivity index (χ3v) is 5.00. The van der Waals surface area contributed by atoms with Crippen LogP contribution in [0.1, 0.15) is 18.0 Å². The molecule has 0 aromatic heterocycles. The zero-order valence-corrected chi connectivity index (χ0v) is 15.2. The molecule has 0 spiro atoms. The predicted molar refractivity (Wildman–Crippen MR) is 106 cm³/mol. The van der Waals surface area contributed by atoms with Gasteiger partial charge in [-0.2, -0.15) is 0 Å². The second kappa shape index (κ2) is 7.71. The van der Waals surface area contributed by atoms with Crippen LogP contribution in [-0.4, -0.2) is 31.7 Å². The molecule has 0 saturated heterocycles. The Morgan fingerprint density at radius 3 is 2.32 bits per heavy atom. The average molecular weight is 333 g/mol. The van der Waals surface area contributed by atoms with Crippen molar-refractivity contribution in [2.75, 3.05) is 27.2 Å². The molecule has 129 valence electrons. The summed E-state index contributed by atoms with van der Waals surface area (Å²) in [6.45, 7) is 5.67. The molecule has 0 fully saturated rings. The van der Waals surface area contributed by atoms with E-state index in [-0.39, 0.29) is 0 Å². The molecule has 2 nitrogen and oxygen atoms in total. The molecule has 0 bridgehead atoms. The molecular formula is C23H27NO+. The molecule has 0 N–H and O–H groups in total. The Morgan fingerprint density at radius 2 is 1.56 bits per heavy atom. The summed E-state index contributed by atoms with van der Waals surface area (Å²) in [5.41, 5.74) is 1.35. The van der Waals surface area contributed by atoms with Crippen molar-refractivity contribution in [2.24, 2.45) is 0 Å². The molecule has 0 unspecified atom stereocenters. The minimum atomic E-state index is 0.369. The van der Waals surface area contributed by atoms with Gasteiger partial charge < -0.3 is 9.22 Å². The van der Waals surface area contributed by atoms with Gasteiger partial charge >= 0.3 is 0 Å². The average Bonchev–Trinajstić information content (AvgIpc) is 2.66. The Kier molecular flexibility index (Phi) is 5.40. The lowest BCUT2D eigenvalue weighted by Crippen LogP contribution is -2.43. The highest BCUT2D eigenvalue weighted by Gasteiger charge is 2.28. The van der Waals surface area contributed by atoms with E-state index in [1.807, 2.05) is 0 Å². The number of hydrogen-bond donors (Lipinski definition) is 0. The molecule has 0 aliphatic heterocycles. The zero-order chi connectivity index (χ0) is 17.7. The fraction of sp³-hybridized carbons (Fsp3) is 0.261. The van der Waals surface area contributed by atoms with E-state index in [1.54, 1.807) is 0 Å². The van der Waals surface area contributed by atoms with Crippen LogP contribution in [0.2, 0.25) is 0 Å². The van der Waals surface area contributed by atoms with Crippen LogP contribution in [0.15, 0.2) is 72.8 Å². The van der Waals surface area contributed by atoms with Gasteiger partial charge in [-0.25, -0.2) is 0 Å². The number of hydrogen-bond acceptors (Lipinski definition) is 1. The topological polar surface area (TPSA) is 9.23 Å². The van der Waals surface area contributed by atoms with Gasteiger partial charge in [0.05, 0.1) is 27.2 Å². The summed E-state index contributed by atoms with van der Waals surface area (Å²) in [6, 6.07) is 25.7. The molecular weight excluding hydrogens is 306 g/mol. The normalized spacial score (nSPS) is 12.9. The second-order valence-electron chi connectivity index (χ2n) is 7.04. The van der Waals surface area contributed by atoms with Crippen LogP contribution in [0.4, 0.5) is 0 Å². The van der Waals surface area contributed by atoms with Crippen molar-refractivity contribution in [1.29, 1.82) is 0 Å². The first kappa shape index (κ1) is 17.5. The van der Waals surface area contributed by atoms with E-state index in [2.05, 4.69) is 93.8 Å². The van der Waals surface area contributed by atoms with E-state index in [4.69, 9.17) is 4.74 Å². The summed E-state index contributed by atoms with van der Waals surface area (Å²) in [7, 11) is 4.48. The van der Waals surface area contributed by atoms with Crippen molar-refractivity contribution in [3.8, 4) is 5.75 Å². The third kappa shape index (κ3) is 4.02. The van der Waals surface area contributed by atoms with E-state index in [9.17, 15) is 0 Å². The van der Waals surface area contributed by atoms with E-state index in [1.165, 1.54) is 16.3 Å². The van der Waals surface area contributed by atoms with Gasteiger partial charge in [0.2, 0.25) is 0 Å². The van der Waals surface area contributed by atoms with Gasteiger partial charge in [0.1, 0.15) is 11.8 Å². The Morgan fingerprint density at radius 1 is 0.880 bits per heavy atom. The van der Waals surface area contributed by atoms with Crippen molar-refractivity contribution >= 4 is 10.8 Å². The maximum Gasteiger partial charge on any atom is 0.127 e. The lowest BCUT2D eigenvalue weighted by atomic mass is 10.0. The maximum atomic E-state index is 6.18. The lowest BCUT2D eigenvalue weighted by molar-refractivity contribution is -0.916. The number of ether oxygens (including phenoxy) is 1. The molecule has 3 rings (SSSR count). The van der Waals surface area contributed by atoms with Crippen LogP contribution >= 0.6 is 0 Å². The van der Waals surface area contributed by atoms with Crippen LogP contribution < -0.4 is 4.74 Å². The number of fused-ring (bicyclic) bond motifs is 1. The van der Waals surface area contributed by atoms with E-state index >= 15 is 0 Å². The largest absolute Gasteiger partial charge is 0.493 e. The highest BCUT2D eigenvalue weighted by molar-refractivity contribution is 5.88. The standard InChI is InChI=1S/C23H27NO/c1-4-24(2,3)22(20-12-6-5-7-13-20)17-18-25-23-16-10-14-19-11-8-9-15-21(19)23/h5-16,22H,1,4,17-18H2,2-3H3/q+1/t22-/m0/s1. The summed E-state index contributed by atoms with van der Waals surface area (Å²) in [4.78, 5) is 0. The number of quaternary nitrogens is 1. The molecule has 0 heterocycles. The fourth-order valence-corrected chi connectivity index (χ4v) is 3.35. The van der Waals surface area contributed by atoms with Gasteiger partial charge in [-0.3, -0.25) is 0 Å². The smallest absolute Gasteiger partial charge is 0.127 e. The van der Waals surface area contributed by atoms with Gasteiger partial charge in [0, 0.05) is 24.3 Å². The van der Waals surface area contributed by atoms with Crippen molar-refractivity contribution in [3.05, 3.63) is 85.3 Å². The second-order valence-corrected chi connectivity index (χ2v) is 7.04. The quantitative estimate of drug-likeness (QED) is 0.536. The van der Waals surface area contributed by atoms with Crippen LogP contribution in [0.3, 0.4) is 0 Å². The minimum Gasteiger partial charge on any atom is -0.493 e. The van der Waals surface area contributed by atoms with Gasteiger partial charge in [0.15, 0.2) is 0 Å². The first-order chi connectivity index (χ1) is 12.1. The molecule has 3 aromatic carbocycles. The molecule has 0 amide bonds.